The van der Waals surface area contributed by atoms with Gasteiger partial charge >= 0.3 is 45.0 Å². The summed E-state index contributed by atoms with van der Waals surface area (Å²) in [6.45, 7) is 1.66. The molecule has 0 aromatic carbocycles. The Morgan fingerprint density at radius 1 is 1.75 bits per heavy atom. The van der Waals surface area contributed by atoms with Gasteiger partial charge in [0.25, 0.3) is 0 Å². The van der Waals surface area contributed by atoms with Crippen LogP contribution in [0.1, 0.15) is 0 Å². The van der Waals surface area contributed by atoms with E-state index in [1.165, 1.54) is 0 Å². The topological polar surface area (TPSA) is 17.1 Å². The van der Waals surface area contributed by atoms with Gasteiger partial charge in [-0.1, -0.05) is 0 Å². The van der Waals surface area contributed by atoms with Crippen molar-refractivity contribution in [1.82, 2.24) is 0 Å². The van der Waals surface area contributed by atoms with Crippen LogP contribution < -0.4 is 0 Å². The summed E-state index contributed by atoms with van der Waals surface area (Å²) < 4.78 is 9.02. The Kier molecular flexibility index (Phi) is 20.0. The van der Waals surface area contributed by atoms with Crippen LogP contribution in [0.4, 0.5) is 0 Å². The van der Waals surface area contributed by atoms with E-state index >= 15 is 0 Å². The first-order valence-electron chi connectivity index (χ1n) is 0.630. The van der Waals surface area contributed by atoms with Gasteiger partial charge in [-0.15, -0.1) is 0 Å². The minimum atomic E-state index is -0.562. The van der Waals surface area contributed by atoms with Gasteiger partial charge in [0.15, 0.2) is 0 Å². The van der Waals surface area contributed by atoms with Crippen molar-refractivity contribution in [3.63, 3.8) is 0 Å². The number of hydrogen-bond acceptors (Lipinski definition) is 1. The molecule has 18 valence electrons. The predicted molar refractivity (Wildman–Crippen MR) is 16.4 cm³/mol. The van der Waals surface area contributed by atoms with Crippen LogP contribution in [0.3, 0.4) is 0 Å². The van der Waals surface area contributed by atoms with E-state index in [2.05, 4.69) is 0 Å². The molecule has 0 aliphatic carbocycles. The average Bonchev–Trinajstić information content (AvgIpc) is 0.918. The zero-order valence-electron chi connectivity index (χ0n) is 1.86. The molecule has 4 heteroatoms. The van der Waals surface area contributed by atoms with E-state index in [9.17, 15) is 0 Å². The summed E-state index contributed by atoms with van der Waals surface area (Å²) in [6, 6.07) is 0. The Morgan fingerprint density at radius 2 is 1.75 bits per heavy atom. The molecule has 0 rings (SSSR count). The second-order valence-corrected chi connectivity index (χ2v) is 0.753. The monoisotopic (exact) mass is 88.0 g/mol. The van der Waals surface area contributed by atoms with Crippen molar-refractivity contribution in [1.29, 1.82) is 0 Å². The van der Waals surface area contributed by atoms with E-state index in [1.807, 2.05) is 0 Å². The van der Waals surface area contributed by atoms with Crippen LogP contribution in [0, 0.1) is 0 Å². The quantitative estimate of drug-likeness (QED) is 0.323. The van der Waals surface area contributed by atoms with Crippen LogP contribution in [0.15, 0.2) is 0 Å². The van der Waals surface area contributed by atoms with Gasteiger partial charge in [-0.05, 0) is 0 Å². The zero-order valence-corrected chi connectivity index (χ0v) is 3.25. The van der Waals surface area contributed by atoms with E-state index in [-0.39, 0.29) is 18.9 Å². The van der Waals surface area contributed by atoms with E-state index in [1.54, 1.807) is 6.46 Å². The van der Waals surface area contributed by atoms with E-state index in [0.29, 0.717) is 0 Å². The maximum atomic E-state index is 9.02. The summed E-state index contributed by atoms with van der Waals surface area (Å²) in [5.74, 6) is 0. The van der Waals surface area contributed by atoms with Crippen molar-refractivity contribution >= 4 is 25.3 Å². The Bertz CT molecular complexity index is 15.5. The van der Waals surface area contributed by atoms with Crippen molar-refractivity contribution in [3.05, 3.63) is 0 Å². The Balaban J connectivity index is 0. The van der Waals surface area contributed by atoms with Gasteiger partial charge in [0, 0.05) is 0 Å². The molecule has 0 saturated carbocycles. The molecule has 0 unspecified atom stereocenters. The molecule has 1 nitrogen and oxygen atoms in total. The van der Waals surface area contributed by atoms with Crippen molar-refractivity contribution in [3.8, 4) is 0 Å². The summed E-state index contributed by atoms with van der Waals surface area (Å²) in [5.41, 5.74) is 0. The van der Waals surface area contributed by atoms with Gasteiger partial charge in [-0.3, -0.25) is 0 Å². The SMILES string of the molecule is [BH2][V]=[O].[LiH]. The fraction of sp³-hybridized carbons (Fsp3) is 0. The summed E-state index contributed by atoms with van der Waals surface area (Å²) >= 11 is -0.562. The van der Waals surface area contributed by atoms with Gasteiger partial charge in [0.1, 0.15) is 0 Å². The normalized spacial score (nSPS) is 3.00. The molecule has 0 heterocycles. The van der Waals surface area contributed by atoms with Crippen LogP contribution in [0.2, 0.25) is 0 Å². The van der Waals surface area contributed by atoms with Crippen molar-refractivity contribution < 1.29 is 19.7 Å². The summed E-state index contributed by atoms with van der Waals surface area (Å²) in [7, 11) is 0. The molecule has 0 aromatic rings. The number of hydrogen-bond donors (Lipinski definition) is 0. The van der Waals surface area contributed by atoms with Crippen molar-refractivity contribution in [2.24, 2.45) is 0 Å². The predicted octanol–water partition coefficient (Wildman–Crippen LogP) is -1.69. The van der Waals surface area contributed by atoms with Gasteiger partial charge < -0.3 is 0 Å². The fourth-order valence-electron chi connectivity index (χ4n) is 0. The number of rotatable bonds is 0. The molecular weight excluding hydrogens is 84.7 g/mol. The second-order valence-electron chi connectivity index (χ2n) is 0.183. The molecule has 0 saturated heterocycles. The molecule has 0 aromatic heterocycles. The summed E-state index contributed by atoms with van der Waals surface area (Å²) in [4.78, 5) is 0. The van der Waals surface area contributed by atoms with Crippen molar-refractivity contribution in [2.45, 2.75) is 0 Å². The molecule has 0 amide bonds. The molecule has 0 spiro atoms. The molecular formula is H3BLiOV. The van der Waals surface area contributed by atoms with Crippen LogP contribution in [-0.4, -0.2) is 25.3 Å². The van der Waals surface area contributed by atoms with Crippen molar-refractivity contribution in [2.75, 3.05) is 0 Å². The van der Waals surface area contributed by atoms with Gasteiger partial charge in [-0.2, -0.15) is 0 Å². The van der Waals surface area contributed by atoms with Crippen LogP contribution in [0.5, 0.6) is 0 Å². The third-order valence-electron chi connectivity index (χ3n) is 0. The summed E-state index contributed by atoms with van der Waals surface area (Å²) in [6.07, 6.45) is 0. The van der Waals surface area contributed by atoms with Crippen LogP contribution in [0.25, 0.3) is 0 Å². The average molecular weight is 87.7 g/mol. The Labute approximate surface area is 45.2 Å². The Hall–Kier alpha value is 1.05. The molecule has 4 heavy (non-hydrogen) atoms. The first-order chi connectivity index (χ1) is 1.41. The van der Waals surface area contributed by atoms with E-state index < -0.39 is 16.1 Å². The third kappa shape index (κ3) is 11.6. The molecule has 0 aliphatic heterocycles. The molecule has 0 fully saturated rings. The molecule has 0 N–H and O–H groups in total. The molecule has 0 aliphatic rings. The van der Waals surface area contributed by atoms with Gasteiger partial charge in [0.05, 0.1) is 0 Å². The van der Waals surface area contributed by atoms with Gasteiger partial charge in [0.2, 0.25) is 0 Å². The first kappa shape index (κ1) is 8.90. The third-order valence-corrected chi connectivity index (χ3v) is 0. The minimum absolute atomic E-state index is 0. The van der Waals surface area contributed by atoms with Crippen LogP contribution >= 0.6 is 0 Å². The molecule has 0 bridgehead atoms. The maximum absolute atomic E-state index is 9.02. The van der Waals surface area contributed by atoms with Gasteiger partial charge in [-0.25, -0.2) is 0 Å². The second kappa shape index (κ2) is 8.97. The van der Waals surface area contributed by atoms with E-state index in [0.717, 1.165) is 0 Å². The molecule has 0 radical (unpaired) electrons. The molecule has 0 atom stereocenters. The van der Waals surface area contributed by atoms with Crippen LogP contribution in [-0.2, 0) is 19.7 Å². The fourth-order valence-corrected chi connectivity index (χ4v) is 0. The standard InChI is InChI=1S/BH2.Li.O.V.H/h1H2;;;;/q+1;;;-1;. The Morgan fingerprint density at radius 3 is 1.75 bits per heavy atom. The first-order valence-corrected chi connectivity index (χ1v) is 2.60. The zero-order chi connectivity index (χ0) is 2.71. The van der Waals surface area contributed by atoms with E-state index in [4.69, 9.17) is 3.67 Å². The summed E-state index contributed by atoms with van der Waals surface area (Å²) in [5, 5.41) is 0.